The van der Waals surface area contributed by atoms with Gasteiger partial charge in [-0.05, 0) is 30.5 Å². The van der Waals surface area contributed by atoms with Crippen LogP contribution in [0, 0.1) is 0 Å². The first-order valence-electron chi connectivity index (χ1n) is 12.0. The maximum absolute atomic E-state index is 12.4. The average Bonchev–Trinajstić information content (AvgIpc) is 2.76. The van der Waals surface area contributed by atoms with E-state index in [0.717, 1.165) is 24.8 Å². The molecule has 0 heterocycles. The van der Waals surface area contributed by atoms with Gasteiger partial charge in [-0.25, -0.2) is 0 Å². The van der Waals surface area contributed by atoms with Crippen LogP contribution < -0.4 is 61.2 Å². The molecular formula is C26H37KO5S. The van der Waals surface area contributed by atoms with Crippen LogP contribution in [0.5, 0.6) is 17.2 Å². The van der Waals surface area contributed by atoms with Crippen molar-refractivity contribution in [3.8, 4) is 17.2 Å². The summed E-state index contributed by atoms with van der Waals surface area (Å²) < 4.78 is 37.7. The zero-order chi connectivity index (χ0) is 23.2. The summed E-state index contributed by atoms with van der Waals surface area (Å²) in [6.07, 6.45) is 16.0. The quantitative estimate of drug-likeness (QED) is 0.213. The summed E-state index contributed by atoms with van der Waals surface area (Å²) in [6, 6.07) is 10.6. The molecule has 0 saturated carbocycles. The van der Waals surface area contributed by atoms with Crippen molar-refractivity contribution >= 4 is 10.1 Å². The van der Waals surface area contributed by atoms with E-state index in [9.17, 15) is 18.1 Å². The minimum absolute atomic E-state index is 0. The SMILES string of the molecule is CCCCCCCCCCCCCCc1cccc([O-])c1Oc1cccc(S(=O)(=O)O)c1.[K+]. The Morgan fingerprint density at radius 1 is 0.818 bits per heavy atom. The van der Waals surface area contributed by atoms with Crippen molar-refractivity contribution in [1.82, 2.24) is 0 Å². The summed E-state index contributed by atoms with van der Waals surface area (Å²) >= 11 is 0. The van der Waals surface area contributed by atoms with Gasteiger partial charge in [-0.2, -0.15) is 8.42 Å². The third-order valence-corrected chi connectivity index (χ3v) is 6.53. The maximum Gasteiger partial charge on any atom is 1.00 e. The van der Waals surface area contributed by atoms with Crippen molar-refractivity contribution in [3.63, 3.8) is 0 Å². The Kier molecular flexibility index (Phi) is 15.9. The van der Waals surface area contributed by atoms with E-state index < -0.39 is 10.1 Å². The van der Waals surface area contributed by atoms with Gasteiger partial charge in [0.15, 0.2) is 0 Å². The molecule has 0 saturated heterocycles. The van der Waals surface area contributed by atoms with Gasteiger partial charge in [0, 0.05) is 6.07 Å². The topological polar surface area (TPSA) is 86.7 Å². The average molecular weight is 501 g/mol. The fraction of sp³-hybridized carbons (Fsp3) is 0.538. The third-order valence-electron chi connectivity index (χ3n) is 5.68. The van der Waals surface area contributed by atoms with Gasteiger partial charge in [-0.1, -0.05) is 108 Å². The van der Waals surface area contributed by atoms with Gasteiger partial charge in [0.05, 0.1) is 4.90 Å². The third kappa shape index (κ3) is 12.2. The van der Waals surface area contributed by atoms with Crippen LogP contribution in [-0.4, -0.2) is 13.0 Å². The van der Waals surface area contributed by atoms with Gasteiger partial charge >= 0.3 is 51.4 Å². The normalized spacial score (nSPS) is 11.2. The fourth-order valence-corrected chi connectivity index (χ4v) is 4.36. The fourth-order valence-electron chi connectivity index (χ4n) is 3.85. The van der Waals surface area contributed by atoms with Crippen LogP contribution in [0.25, 0.3) is 0 Å². The van der Waals surface area contributed by atoms with E-state index in [2.05, 4.69) is 6.92 Å². The van der Waals surface area contributed by atoms with Crippen molar-refractivity contribution in [3.05, 3.63) is 48.0 Å². The Morgan fingerprint density at radius 3 is 1.94 bits per heavy atom. The van der Waals surface area contributed by atoms with Crippen molar-refractivity contribution < 1.29 is 74.2 Å². The molecule has 2 aromatic carbocycles. The second kappa shape index (κ2) is 17.1. The molecular weight excluding hydrogens is 463 g/mol. The number of ether oxygens (including phenoxy) is 1. The first-order chi connectivity index (χ1) is 15.4. The summed E-state index contributed by atoms with van der Waals surface area (Å²) in [7, 11) is -4.33. The number of para-hydroxylation sites is 1. The largest absolute Gasteiger partial charge is 1.00 e. The van der Waals surface area contributed by atoms with Gasteiger partial charge in [-0.3, -0.25) is 4.55 Å². The molecule has 0 unspecified atom stereocenters. The molecule has 5 nitrogen and oxygen atoms in total. The Balaban J connectivity index is 0.00000544. The van der Waals surface area contributed by atoms with E-state index in [4.69, 9.17) is 4.74 Å². The van der Waals surface area contributed by atoms with Gasteiger partial charge in [-0.15, -0.1) is 0 Å². The van der Waals surface area contributed by atoms with Crippen LogP contribution in [0.2, 0.25) is 0 Å². The predicted octanol–water partition coefficient (Wildman–Crippen LogP) is 4.05. The van der Waals surface area contributed by atoms with E-state index in [1.807, 2.05) is 6.07 Å². The van der Waals surface area contributed by atoms with Crippen LogP contribution in [0.15, 0.2) is 47.4 Å². The van der Waals surface area contributed by atoms with Crippen LogP contribution in [0.1, 0.15) is 89.5 Å². The second-order valence-electron chi connectivity index (χ2n) is 8.44. The first-order valence-corrected chi connectivity index (χ1v) is 13.4. The molecule has 7 heteroatoms. The van der Waals surface area contributed by atoms with Gasteiger partial charge in [0.25, 0.3) is 10.1 Å². The van der Waals surface area contributed by atoms with Crippen molar-refractivity contribution in [1.29, 1.82) is 0 Å². The summed E-state index contributed by atoms with van der Waals surface area (Å²) in [5.41, 5.74) is 0.821. The Bertz CT molecular complexity index is 915. The van der Waals surface area contributed by atoms with Gasteiger partial charge < -0.3 is 9.84 Å². The zero-order valence-electron chi connectivity index (χ0n) is 20.2. The van der Waals surface area contributed by atoms with Crippen molar-refractivity contribution in [2.45, 2.75) is 95.3 Å². The first kappa shape index (κ1) is 30.6. The molecule has 178 valence electrons. The molecule has 0 aliphatic rings. The van der Waals surface area contributed by atoms with Crippen LogP contribution in [-0.2, 0) is 16.5 Å². The standard InChI is InChI=1S/C26H38O5S.K/c1-2-3-4-5-6-7-8-9-10-11-12-13-16-22-17-14-20-25(27)26(22)31-23-18-15-19-24(21-23)32(28,29)30;/h14-15,17-21,27H,2-13,16H2,1H3,(H,28,29,30);/q;+1/p-1. The molecule has 0 atom stereocenters. The van der Waals surface area contributed by atoms with E-state index in [1.165, 1.54) is 88.5 Å². The van der Waals surface area contributed by atoms with Crippen LogP contribution >= 0.6 is 0 Å². The number of hydrogen-bond acceptors (Lipinski definition) is 4. The molecule has 0 aliphatic carbocycles. The number of hydrogen-bond donors (Lipinski definition) is 1. The van der Waals surface area contributed by atoms with Crippen molar-refractivity contribution in [2.24, 2.45) is 0 Å². The van der Waals surface area contributed by atoms with Crippen LogP contribution in [0.4, 0.5) is 0 Å². The molecule has 1 N–H and O–H groups in total. The maximum atomic E-state index is 12.4. The molecule has 0 fully saturated rings. The summed E-state index contributed by atoms with van der Waals surface area (Å²) in [4.78, 5) is -0.263. The van der Waals surface area contributed by atoms with E-state index in [1.54, 1.807) is 12.1 Å². The molecule has 0 radical (unpaired) electrons. The molecule has 0 amide bonds. The molecule has 0 aliphatic heterocycles. The summed E-state index contributed by atoms with van der Waals surface area (Å²) in [5, 5.41) is 12.4. The Hall–Kier alpha value is -0.414. The van der Waals surface area contributed by atoms with E-state index in [0.29, 0.717) is 0 Å². The monoisotopic (exact) mass is 500 g/mol. The summed E-state index contributed by atoms with van der Waals surface area (Å²) in [5.74, 6) is 0.195. The smallest absolute Gasteiger partial charge is 0.870 e. The molecule has 0 aromatic heterocycles. The van der Waals surface area contributed by atoms with Crippen molar-refractivity contribution in [2.75, 3.05) is 0 Å². The predicted molar refractivity (Wildman–Crippen MR) is 127 cm³/mol. The zero-order valence-corrected chi connectivity index (χ0v) is 24.2. The number of aryl methyl sites for hydroxylation is 1. The number of benzene rings is 2. The molecule has 2 rings (SSSR count). The molecule has 2 aromatic rings. The van der Waals surface area contributed by atoms with Gasteiger partial charge in [0.1, 0.15) is 11.5 Å². The minimum atomic E-state index is -4.33. The van der Waals surface area contributed by atoms with Gasteiger partial charge in [0.2, 0.25) is 0 Å². The second-order valence-corrected chi connectivity index (χ2v) is 9.86. The minimum Gasteiger partial charge on any atom is -0.870 e. The molecule has 0 spiro atoms. The Morgan fingerprint density at radius 2 is 1.36 bits per heavy atom. The van der Waals surface area contributed by atoms with Crippen LogP contribution in [0.3, 0.4) is 0 Å². The van der Waals surface area contributed by atoms with E-state index in [-0.39, 0.29) is 73.5 Å². The molecule has 33 heavy (non-hydrogen) atoms. The summed E-state index contributed by atoms with van der Waals surface area (Å²) in [6.45, 7) is 2.25. The van der Waals surface area contributed by atoms with E-state index >= 15 is 0 Å². The Labute approximate surface area is 242 Å². The number of rotatable bonds is 16. The number of unbranched alkanes of at least 4 members (excludes halogenated alkanes) is 11. The molecule has 0 bridgehead atoms.